The van der Waals surface area contributed by atoms with E-state index in [4.69, 9.17) is 5.73 Å². The van der Waals surface area contributed by atoms with E-state index < -0.39 is 0 Å². The minimum Gasteiger partial charge on any atom is -0.328 e. The van der Waals surface area contributed by atoms with E-state index in [1.54, 1.807) is 0 Å². The Morgan fingerprint density at radius 1 is 1.14 bits per heavy atom. The van der Waals surface area contributed by atoms with Crippen LogP contribution in [0.25, 0.3) is 10.9 Å². The number of aromatic nitrogens is 1. The first-order chi connectivity index (χ1) is 10.3. The molecule has 112 valence electrons. The van der Waals surface area contributed by atoms with Crippen LogP contribution in [0.3, 0.4) is 0 Å². The number of fused-ring (bicyclic) bond motifs is 1. The fraction of sp³-hybridized carbons (Fsp3) is 0.500. The van der Waals surface area contributed by atoms with Crippen molar-refractivity contribution in [2.45, 2.75) is 51.2 Å². The molecule has 0 bridgehead atoms. The molecule has 0 amide bonds. The van der Waals surface area contributed by atoms with Gasteiger partial charge in [0, 0.05) is 30.2 Å². The maximum absolute atomic E-state index is 6.04. The highest BCUT2D eigenvalue weighted by molar-refractivity contribution is 5.81. The molecule has 0 atom stereocenters. The first kappa shape index (κ1) is 14.5. The van der Waals surface area contributed by atoms with Gasteiger partial charge in [0.15, 0.2) is 0 Å². The normalized spacial score (nSPS) is 22.8. The molecule has 3 rings (SSSR count). The van der Waals surface area contributed by atoms with E-state index in [1.807, 2.05) is 12.3 Å². The topological polar surface area (TPSA) is 42.2 Å². The molecule has 1 fully saturated rings. The van der Waals surface area contributed by atoms with Gasteiger partial charge < -0.3 is 5.73 Å². The molecule has 0 radical (unpaired) electrons. The molecule has 0 unspecified atom stereocenters. The van der Waals surface area contributed by atoms with E-state index in [2.05, 4.69) is 41.1 Å². The van der Waals surface area contributed by atoms with E-state index in [0.717, 1.165) is 31.4 Å². The number of benzene rings is 1. The van der Waals surface area contributed by atoms with Gasteiger partial charge in [-0.15, -0.1) is 0 Å². The molecule has 1 aromatic carbocycles. The molecule has 0 spiro atoms. The van der Waals surface area contributed by atoms with Gasteiger partial charge in [0.2, 0.25) is 0 Å². The molecule has 1 aliphatic carbocycles. The van der Waals surface area contributed by atoms with E-state index in [1.165, 1.54) is 23.8 Å². The minimum absolute atomic E-state index is 0.416. The molecule has 2 N–H and O–H groups in total. The Labute approximate surface area is 127 Å². The molecule has 1 saturated carbocycles. The number of hydrogen-bond acceptors (Lipinski definition) is 3. The second kappa shape index (κ2) is 6.54. The highest BCUT2D eigenvalue weighted by Crippen LogP contribution is 2.25. The third kappa shape index (κ3) is 3.25. The van der Waals surface area contributed by atoms with Gasteiger partial charge in [-0.2, -0.15) is 0 Å². The van der Waals surface area contributed by atoms with Crippen LogP contribution in [0.15, 0.2) is 36.5 Å². The minimum atomic E-state index is 0.416. The molecule has 21 heavy (non-hydrogen) atoms. The van der Waals surface area contributed by atoms with Gasteiger partial charge in [-0.3, -0.25) is 9.88 Å². The van der Waals surface area contributed by atoms with E-state index in [-0.39, 0.29) is 0 Å². The zero-order chi connectivity index (χ0) is 14.7. The molecule has 1 aliphatic rings. The third-order valence-electron chi connectivity index (χ3n) is 4.75. The summed E-state index contributed by atoms with van der Waals surface area (Å²) in [7, 11) is 0. The number of para-hydroxylation sites is 1. The van der Waals surface area contributed by atoms with Crippen LogP contribution < -0.4 is 5.73 Å². The summed E-state index contributed by atoms with van der Waals surface area (Å²) in [5.41, 5.74) is 8.52. The van der Waals surface area contributed by atoms with Crippen molar-refractivity contribution in [2.24, 2.45) is 5.73 Å². The lowest BCUT2D eigenvalue weighted by atomic mass is 9.90. The lowest BCUT2D eigenvalue weighted by Crippen LogP contribution is -2.40. The average Bonchev–Trinajstić information content (AvgIpc) is 2.54. The number of pyridine rings is 1. The van der Waals surface area contributed by atoms with Gasteiger partial charge in [0.25, 0.3) is 0 Å². The molecular formula is C18H25N3. The largest absolute Gasteiger partial charge is 0.328 e. The average molecular weight is 283 g/mol. The molecule has 1 heterocycles. The molecule has 0 saturated heterocycles. The molecule has 0 aliphatic heterocycles. The predicted molar refractivity (Wildman–Crippen MR) is 88.1 cm³/mol. The molecule has 2 aromatic rings. The zero-order valence-electron chi connectivity index (χ0n) is 12.8. The Hall–Kier alpha value is -1.45. The van der Waals surface area contributed by atoms with Gasteiger partial charge >= 0.3 is 0 Å². The Balaban J connectivity index is 1.79. The van der Waals surface area contributed by atoms with Crippen LogP contribution in [0.5, 0.6) is 0 Å². The Morgan fingerprint density at radius 3 is 2.67 bits per heavy atom. The van der Waals surface area contributed by atoms with Crippen molar-refractivity contribution in [1.29, 1.82) is 0 Å². The van der Waals surface area contributed by atoms with Crippen LogP contribution in [-0.4, -0.2) is 28.5 Å². The smallest absolute Gasteiger partial charge is 0.0746 e. The Kier molecular flexibility index (Phi) is 4.51. The van der Waals surface area contributed by atoms with Gasteiger partial charge in [-0.1, -0.05) is 31.2 Å². The van der Waals surface area contributed by atoms with Gasteiger partial charge in [0.05, 0.1) is 5.52 Å². The summed E-state index contributed by atoms with van der Waals surface area (Å²) in [4.78, 5) is 7.17. The van der Waals surface area contributed by atoms with Crippen molar-refractivity contribution in [3.8, 4) is 0 Å². The molecule has 3 nitrogen and oxygen atoms in total. The molecule has 1 aromatic heterocycles. The maximum atomic E-state index is 6.04. The Morgan fingerprint density at radius 2 is 1.90 bits per heavy atom. The van der Waals surface area contributed by atoms with Crippen LogP contribution in [0.2, 0.25) is 0 Å². The number of nitrogens with two attached hydrogens (primary N) is 1. The summed E-state index contributed by atoms with van der Waals surface area (Å²) < 4.78 is 0. The van der Waals surface area contributed by atoms with Crippen LogP contribution in [0, 0.1) is 0 Å². The van der Waals surface area contributed by atoms with Crippen molar-refractivity contribution < 1.29 is 0 Å². The maximum Gasteiger partial charge on any atom is 0.0746 e. The monoisotopic (exact) mass is 283 g/mol. The van der Waals surface area contributed by atoms with Gasteiger partial charge in [-0.05, 0) is 43.9 Å². The summed E-state index contributed by atoms with van der Waals surface area (Å²) >= 11 is 0. The van der Waals surface area contributed by atoms with Crippen LogP contribution in [0.1, 0.15) is 38.2 Å². The highest BCUT2D eigenvalue weighted by atomic mass is 15.1. The van der Waals surface area contributed by atoms with Crippen molar-refractivity contribution in [2.75, 3.05) is 6.54 Å². The quantitative estimate of drug-likeness (QED) is 0.936. The standard InChI is InChI=1S/C18H25N3/c1-2-21(17-10-8-16(19)9-11-17)13-15-6-3-5-14-7-4-12-20-18(14)15/h3-7,12,16-17H,2,8-11,13,19H2,1H3. The summed E-state index contributed by atoms with van der Waals surface area (Å²) in [5, 5.41) is 1.23. The molecular weight excluding hydrogens is 258 g/mol. The fourth-order valence-corrected chi connectivity index (χ4v) is 3.48. The predicted octanol–water partition coefficient (Wildman–Crippen LogP) is 3.33. The summed E-state index contributed by atoms with van der Waals surface area (Å²) in [6.45, 7) is 4.33. The first-order valence-electron chi connectivity index (χ1n) is 8.10. The third-order valence-corrected chi connectivity index (χ3v) is 4.75. The van der Waals surface area contributed by atoms with E-state index >= 15 is 0 Å². The van der Waals surface area contributed by atoms with Gasteiger partial charge in [0.1, 0.15) is 0 Å². The molecule has 3 heteroatoms. The highest BCUT2D eigenvalue weighted by Gasteiger charge is 2.23. The zero-order valence-corrected chi connectivity index (χ0v) is 12.8. The van der Waals surface area contributed by atoms with Crippen molar-refractivity contribution in [1.82, 2.24) is 9.88 Å². The van der Waals surface area contributed by atoms with E-state index in [0.29, 0.717) is 12.1 Å². The lowest BCUT2D eigenvalue weighted by molar-refractivity contribution is 0.150. The fourth-order valence-electron chi connectivity index (χ4n) is 3.48. The number of hydrogen-bond donors (Lipinski definition) is 1. The summed E-state index contributed by atoms with van der Waals surface area (Å²) in [6.07, 6.45) is 6.67. The summed E-state index contributed by atoms with van der Waals surface area (Å²) in [5.74, 6) is 0. The number of rotatable bonds is 4. The van der Waals surface area contributed by atoms with Gasteiger partial charge in [-0.25, -0.2) is 0 Å². The SMILES string of the molecule is CCN(Cc1cccc2cccnc12)C1CCC(N)CC1. The van der Waals surface area contributed by atoms with Crippen LogP contribution in [0.4, 0.5) is 0 Å². The lowest BCUT2D eigenvalue weighted by Gasteiger charge is -2.35. The summed E-state index contributed by atoms with van der Waals surface area (Å²) in [6, 6.07) is 11.7. The Bertz CT molecular complexity index is 583. The van der Waals surface area contributed by atoms with Crippen molar-refractivity contribution in [3.05, 3.63) is 42.1 Å². The van der Waals surface area contributed by atoms with Crippen LogP contribution >= 0.6 is 0 Å². The number of nitrogens with zero attached hydrogens (tertiary/aromatic N) is 2. The van der Waals surface area contributed by atoms with Crippen LogP contribution in [-0.2, 0) is 6.54 Å². The first-order valence-corrected chi connectivity index (χ1v) is 8.10. The van der Waals surface area contributed by atoms with E-state index in [9.17, 15) is 0 Å². The van der Waals surface area contributed by atoms with Crippen molar-refractivity contribution >= 4 is 10.9 Å². The second-order valence-corrected chi connectivity index (χ2v) is 6.12. The second-order valence-electron chi connectivity index (χ2n) is 6.12. The van der Waals surface area contributed by atoms with Crippen molar-refractivity contribution in [3.63, 3.8) is 0 Å².